The third-order valence-electron chi connectivity index (χ3n) is 3.22. The number of carboxylic acid groups (broad SMARTS) is 1. The van der Waals surface area contributed by atoms with E-state index in [1.54, 1.807) is 0 Å². The van der Waals surface area contributed by atoms with E-state index in [2.05, 4.69) is 37.1 Å². The number of benzene rings is 1. The summed E-state index contributed by atoms with van der Waals surface area (Å²) >= 11 is 1.30. The summed E-state index contributed by atoms with van der Waals surface area (Å²) in [5.74, 6) is -0.478. The van der Waals surface area contributed by atoms with Crippen LogP contribution in [-0.2, 0) is 4.79 Å². The van der Waals surface area contributed by atoms with Gasteiger partial charge in [0.1, 0.15) is 5.03 Å². The van der Waals surface area contributed by atoms with Crippen LogP contribution in [0.1, 0.15) is 36.6 Å². The van der Waals surface area contributed by atoms with Gasteiger partial charge < -0.3 is 5.11 Å². The molecule has 0 saturated heterocycles. The number of nitrogens with zero attached hydrogens (tertiary/aromatic N) is 2. The van der Waals surface area contributed by atoms with Crippen molar-refractivity contribution in [1.82, 2.24) is 9.78 Å². The maximum atomic E-state index is 10.8. The molecule has 0 saturated carbocycles. The lowest BCUT2D eigenvalue weighted by molar-refractivity contribution is -0.133. The molecule has 2 rings (SSSR count). The molecule has 112 valence electrons. The molecule has 0 radical (unpaired) electrons. The second-order valence-corrected chi connectivity index (χ2v) is 6.44. The van der Waals surface area contributed by atoms with Gasteiger partial charge in [0.15, 0.2) is 0 Å². The summed E-state index contributed by atoms with van der Waals surface area (Å²) in [4.78, 5) is 10.8. The Bertz CT molecular complexity index is 662. The van der Waals surface area contributed by atoms with E-state index in [-0.39, 0.29) is 5.75 Å². The lowest BCUT2D eigenvalue weighted by Gasteiger charge is -2.10. The molecule has 2 aromatic rings. The van der Waals surface area contributed by atoms with E-state index in [0.717, 1.165) is 27.5 Å². The van der Waals surface area contributed by atoms with Crippen molar-refractivity contribution in [2.24, 2.45) is 0 Å². The number of hydrogen-bond acceptors (Lipinski definition) is 3. The van der Waals surface area contributed by atoms with Crippen molar-refractivity contribution in [2.75, 3.05) is 5.75 Å². The second-order valence-electron chi connectivity index (χ2n) is 5.45. The molecule has 5 heteroatoms. The van der Waals surface area contributed by atoms with Gasteiger partial charge in [-0.2, -0.15) is 5.10 Å². The number of aryl methyl sites for hydroxylation is 2. The summed E-state index contributed by atoms with van der Waals surface area (Å²) in [6.45, 7) is 8.25. The van der Waals surface area contributed by atoms with E-state index in [0.29, 0.717) is 5.92 Å². The first-order valence-electron chi connectivity index (χ1n) is 6.90. The van der Waals surface area contributed by atoms with Crippen molar-refractivity contribution in [3.8, 4) is 5.69 Å². The van der Waals surface area contributed by atoms with Crippen molar-refractivity contribution < 1.29 is 9.90 Å². The molecule has 1 aromatic heterocycles. The average molecular weight is 304 g/mol. The van der Waals surface area contributed by atoms with Gasteiger partial charge in [0.2, 0.25) is 0 Å². The summed E-state index contributed by atoms with van der Waals surface area (Å²) in [6.07, 6.45) is 0. The summed E-state index contributed by atoms with van der Waals surface area (Å²) in [5, 5.41) is 14.4. The molecule has 0 aliphatic carbocycles. The molecule has 0 bridgehead atoms. The van der Waals surface area contributed by atoms with Crippen LogP contribution in [0.2, 0.25) is 0 Å². The predicted molar refractivity (Wildman–Crippen MR) is 85.5 cm³/mol. The third-order valence-corrected chi connectivity index (χ3v) is 4.20. The number of thioether (sulfide) groups is 1. The summed E-state index contributed by atoms with van der Waals surface area (Å²) < 4.78 is 1.87. The van der Waals surface area contributed by atoms with Gasteiger partial charge >= 0.3 is 5.97 Å². The van der Waals surface area contributed by atoms with E-state index >= 15 is 0 Å². The van der Waals surface area contributed by atoms with E-state index in [1.165, 1.54) is 11.8 Å². The quantitative estimate of drug-likeness (QED) is 0.854. The zero-order valence-corrected chi connectivity index (χ0v) is 13.6. The van der Waals surface area contributed by atoms with E-state index in [4.69, 9.17) is 5.11 Å². The van der Waals surface area contributed by atoms with Crippen LogP contribution < -0.4 is 0 Å². The zero-order chi connectivity index (χ0) is 15.6. The van der Waals surface area contributed by atoms with Crippen LogP contribution in [-0.4, -0.2) is 26.6 Å². The molecule has 0 aliphatic heterocycles. The minimum atomic E-state index is -0.820. The number of aromatic nitrogens is 2. The number of carbonyl (C=O) groups is 1. The van der Waals surface area contributed by atoms with Crippen molar-refractivity contribution in [3.63, 3.8) is 0 Å². The minimum Gasteiger partial charge on any atom is -0.481 e. The fraction of sp³-hybridized carbons (Fsp3) is 0.375. The highest BCUT2D eigenvalue weighted by atomic mass is 32.2. The highest BCUT2D eigenvalue weighted by Crippen LogP contribution is 2.27. The Morgan fingerprint density at radius 1 is 1.33 bits per heavy atom. The van der Waals surface area contributed by atoms with Crippen molar-refractivity contribution >= 4 is 17.7 Å². The average Bonchev–Trinajstić information content (AvgIpc) is 2.83. The molecule has 1 heterocycles. The van der Waals surface area contributed by atoms with Gasteiger partial charge in [-0.25, -0.2) is 4.68 Å². The molecular formula is C16H20N2O2S. The van der Waals surface area contributed by atoms with Crippen LogP contribution in [0.4, 0.5) is 0 Å². The Hall–Kier alpha value is -1.75. The van der Waals surface area contributed by atoms with Crippen LogP contribution in [0, 0.1) is 13.8 Å². The van der Waals surface area contributed by atoms with Crippen LogP contribution in [0.5, 0.6) is 0 Å². The Morgan fingerprint density at radius 2 is 2.05 bits per heavy atom. The first-order chi connectivity index (χ1) is 9.88. The second kappa shape index (κ2) is 6.35. The van der Waals surface area contributed by atoms with Gasteiger partial charge in [0.05, 0.1) is 17.1 Å². The van der Waals surface area contributed by atoms with Gasteiger partial charge in [-0.1, -0.05) is 37.7 Å². The molecule has 0 unspecified atom stereocenters. The van der Waals surface area contributed by atoms with Gasteiger partial charge in [-0.05, 0) is 43.0 Å². The van der Waals surface area contributed by atoms with E-state index in [1.807, 2.05) is 24.6 Å². The first kappa shape index (κ1) is 15.6. The van der Waals surface area contributed by atoms with Crippen LogP contribution >= 0.6 is 11.8 Å². The maximum Gasteiger partial charge on any atom is 0.313 e. The summed E-state index contributed by atoms with van der Waals surface area (Å²) in [6, 6.07) is 8.19. The minimum absolute atomic E-state index is 0.0358. The molecule has 0 spiro atoms. The SMILES string of the molecule is Cc1ccc(C)c(-n2nc(C(C)C)cc2SCC(=O)O)c1. The highest BCUT2D eigenvalue weighted by Gasteiger charge is 2.15. The summed E-state index contributed by atoms with van der Waals surface area (Å²) in [7, 11) is 0. The lowest BCUT2D eigenvalue weighted by Crippen LogP contribution is -2.04. The molecule has 0 amide bonds. The molecule has 4 nitrogen and oxygen atoms in total. The zero-order valence-electron chi connectivity index (χ0n) is 12.8. The van der Waals surface area contributed by atoms with Crippen molar-refractivity contribution in [2.45, 2.75) is 38.6 Å². The molecule has 1 N–H and O–H groups in total. The Morgan fingerprint density at radius 3 is 2.67 bits per heavy atom. The largest absolute Gasteiger partial charge is 0.481 e. The molecule has 0 aliphatic rings. The molecule has 0 atom stereocenters. The number of aliphatic carboxylic acids is 1. The van der Waals surface area contributed by atoms with Gasteiger partial charge in [0.25, 0.3) is 0 Å². The van der Waals surface area contributed by atoms with Crippen LogP contribution in [0.25, 0.3) is 5.69 Å². The lowest BCUT2D eigenvalue weighted by atomic mass is 10.1. The van der Waals surface area contributed by atoms with Crippen LogP contribution in [0.3, 0.4) is 0 Å². The molecule has 1 aromatic carbocycles. The molecule has 21 heavy (non-hydrogen) atoms. The molecule has 0 fully saturated rings. The van der Waals surface area contributed by atoms with Gasteiger partial charge in [0, 0.05) is 0 Å². The fourth-order valence-electron chi connectivity index (χ4n) is 2.02. The van der Waals surface area contributed by atoms with Crippen molar-refractivity contribution in [3.05, 3.63) is 41.1 Å². The number of carboxylic acids is 1. The van der Waals surface area contributed by atoms with Gasteiger partial charge in [-0.15, -0.1) is 0 Å². The predicted octanol–water partition coefficient (Wildman–Crippen LogP) is 3.79. The Balaban J connectivity index is 2.49. The first-order valence-corrected chi connectivity index (χ1v) is 7.89. The topological polar surface area (TPSA) is 55.1 Å². The Labute approximate surface area is 129 Å². The monoisotopic (exact) mass is 304 g/mol. The fourth-order valence-corrected chi connectivity index (χ4v) is 2.76. The van der Waals surface area contributed by atoms with Crippen molar-refractivity contribution in [1.29, 1.82) is 0 Å². The van der Waals surface area contributed by atoms with E-state index < -0.39 is 5.97 Å². The normalized spacial score (nSPS) is 11.1. The number of rotatable bonds is 5. The van der Waals surface area contributed by atoms with Gasteiger partial charge in [-0.3, -0.25) is 4.79 Å². The Kier molecular flexibility index (Phi) is 4.73. The smallest absolute Gasteiger partial charge is 0.313 e. The number of hydrogen-bond donors (Lipinski definition) is 1. The maximum absolute atomic E-state index is 10.8. The van der Waals surface area contributed by atoms with E-state index in [9.17, 15) is 4.79 Å². The highest BCUT2D eigenvalue weighted by molar-refractivity contribution is 7.99. The molecular weight excluding hydrogens is 284 g/mol. The third kappa shape index (κ3) is 3.67. The van der Waals surface area contributed by atoms with Crippen LogP contribution in [0.15, 0.2) is 29.3 Å². The summed E-state index contributed by atoms with van der Waals surface area (Å²) in [5.41, 5.74) is 4.26. The standard InChI is InChI=1S/C16H20N2O2S/c1-10(2)13-8-15(21-9-16(19)20)18(17-13)14-7-11(3)5-6-12(14)4/h5-8,10H,9H2,1-4H3,(H,19,20).